The molecule has 4 heterocycles. The van der Waals surface area contributed by atoms with E-state index in [1.54, 1.807) is 10.9 Å². The lowest BCUT2D eigenvalue weighted by molar-refractivity contribution is -0.125. The van der Waals surface area contributed by atoms with Gasteiger partial charge in [0.25, 0.3) is 0 Å². The molecule has 29 heavy (non-hydrogen) atoms. The minimum absolute atomic E-state index is 0.0265. The van der Waals surface area contributed by atoms with Crippen molar-refractivity contribution in [3.8, 4) is 0 Å². The number of aromatic amines is 1. The minimum Gasteiger partial charge on any atom is -0.365 e. The van der Waals surface area contributed by atoms with Crippen LogP contribution in [0.3, 0.4) is 0 Å². The summed E-state index contributed by atoms with van der Waals surface area (Å²) in [5, 5.41) is 12.0. The quantitative estimate of drug-likeness (QED) is 0.557. The number of likely N-dealkylation sites (tertiary alicyclic amines) is 1. The maximum absolute atomic E-state index is 11.9. The fourth-order valence-electron chi connectivity index (χ4n) is 3.95. The van der Waals surface area contributed by atoms with Crippen LogP contribution in [-0.2, 0) is 11.8 Å². The Balaban J connectivity index is 1.47. The highest BCUT2D eigenvalue weighted by molar-refractivity contribution is 5.93. The average molecular weight is 392 g/mol. The largest absolute Gasteiger partial charge is 0.365 e. The van der Waals surface area contributed by atoms with Crippen molar-refractivity contribution >= 4 is 34.4 Å². The van der Waals surface area contributed by atoms with E-state index in [2.05, 4.69) is 38.5 Å². The van der Waals surface area contributed by atoms with Crippen LogP contribution in [0, 0.1) is 0 Å². The van der Waals surface area contributed by atoms with E-state index in [1.165, 1.54) is 24.5 Å². The van der Waals surface area contributed by atoms with Gasteiger partial charge in [0, 0.05) is 38.6 Å². The summed E-state index contributed by atoms with van der Waals surface area (Å²) in [6, 6.07) is 0.144. The van der Waals surface area contributed by atoms with Crippen LogP contribution < -0.4 is 10.6 Å². The number of amides is 1. The molecule has 2 aliphatic rings. The zero-order valence-corrected chi connectivity index (χ0v) is 16.4. The van der Waals surface area contributed by atoms with Crippen molar-refractivity contribution in [2.45, 2.75) is 31.2 Å². The van der Waals surface area contributed by atoms with Gasteiger partial charge in [0.05, 0.1) is 17.3 Å². The maximum Gasteiger partial charge on any atom is 0.246 e. The van der Waals surface area contributed by atoms with Crippen molar-refractivity contribution in [1.29, 1.82) is 0 Å². The highest BCUT2D eigenvalue weighted by Crippen LogP contribution is 2.44. The molecule has 2 fully saturated rings. The van der Waals surface area contributed by atoms with Crippen molar-refractivity contribution in [2.24, 2.45) is 7.05 Å². The Bertz CT molecular complexity index is 1080. The Labute approximate surface area is 168 Å². The summed E-state index contributed by atoms with van der Waals surface area (Å²) >= 11 is 0. The third-order valence-electron chi connectivity index (χ3n) is 5.56. The zero-order chi connectivity index (χ0) is 20.0. The molecule has 1 saturated carbocycles. The van der Waals surface area contributed by atoms with E-state index >= 15 is 0 Å². The number of aryl methyl sites for hydroxylation is 1. The molecule has 5 rings (SSSR count). The first-order chi connectivity index (χ1) is 14.1. The SMILES string of the molecule is C=CC(=O)N1CCC(Nc2nc(Nc3cnn(C)c3)nc3[nH]cc(C4CC4)c23)C1. The molecule has 150 valence electrons. The van der Waals surface area contributed by atoms with Gasteiger partial charge in [0.2, 0.25) is 11.9 Å². The van der Waals surface area contributed by atoms with Crippen LogP contribution in [0.25, 0.3) is 11.0 Å². The lowest BCUT2D eigenvalue weighted by Gasteiger charge is -2.17. The first-order valence-corrected chi connectivity index (χ1v) is 9.93. The van der Waals surface area contributed by atoms with Gasteiger partial charge in [0.15, 0.2) is 0 Å². The molecule has 0 radical (unpaired) electrons. The highest BCUT2D eigenvalue weighted by Gasteiger charge is 2.30. The van der Waals surface area contributed by atoms with Gasteiger partial charge in [-0.25, -0.2) is 0 Å². The maximum atomic E-state index is 11.9. The fraction of sp³-hybridized carbons (Fsp3) is 0.400. The molecule has 0 aromatic carbocycles. The molecule has 0 spiro atoms. The Hall–Kier alpha value is -3.36. The van der Waals surface area contributed by atoms with E-state index in [-0.39, 0.29) is 11.9 Å². The lowest BCUT2D eigenvalue weighted by atomic mass is 10.1. The molecule has 0 bridgehead atoms. The fourth-order valence-corrected chi connectivity index (χ4v) is 3.95. The molecule has 1 unspecified atom stereocenters. The Kier molecular flexibility index (Phi) is 4.22. The normalized spacial score (nSPS) is 18.9. The summed E-state index contributed by atoms with van der Waals surface area (Å²) in [5.74, 6) is 1.87. The number of anilines is 3. The van der Waals surface area contributed by atoms with Crippen LogP contribution in [0.2, 0.25) is 0 Å². The van der Waals surface area contributed by atoms with Crippen molar-refractivity contribution in [2.75, 3.05) is 23.7 Å². The van der Waals surface area contributed by atoms with E-state index in [4.69, 9.17) is 4.98 Å². The molecular formula is C20H24N8O. The van der Waals surface area contributed by atoms with E-state index in [0.717, 1.165) is 35.5 Å². The molecule has 9 nitrogen and oxygen atoms in total. The summed E-state index contributed by atoms with van der Waals surface area (Å²) in [7, 11) is 1.87. The predicted octanol–water partition coefficient (Wildman–Crippen LogP) is 2.51. The molecule has 1 aliphatic carbocycles. The van der Waals surface area contributed by atoms with Gasteiger partial charge < -0.3 is 20.5 Å². The topological polar surface area (TPSA) is 104 Å². The number of fused-ring (bicyclic) bond motifs is 1. The number of aromatic nitrogens is 5. The zero-order valence-electron chi connectivity index (χ0n) is 16.4. The molecule has 1 aliphatic heterocycles. The van der Waals surface area contributed by atoms with E-state index in [9.17, 15) is 4.79 Å². The second-order valence-corrected chi connectivity index (χ2v) is 7.78. The van der Waals surface area contributed by atoms with Gasteiger partial charge in [-0.15, -0.1) is 0 Å². The third kappa shape index (κ3) is 3.43. The number of carbonyl (C=O) groups excluding carboxylic acids is 1. The Morgan fingerprint density at radius 2 is 2.21 bits per heavy atom. The summed E-state index contributed by atoms with van der Waals surface area (Å²) in [6.07, 6.45) is 10.3. The van der Waals surface area contributed by atoms with Crippen molar-refractivity contribution in [3.05, 3.63) is 36.8 Å². The highest BCUT2D eigenvalue weighted by atomic mass is 16.2. The van der Waals surface area contributed by atoms with E-state index < -0.39 is 0 Å². The van der Waals surface area contributed by atoms with Crippen LogP contribution in [-0.4, -0.2) is 54.7 Å². The second-order valence-electron chi connectivity index (χ2n) is 7.78. The van der Waals surface area contributed by atoms with Gasteiger partial charge in [-0.2, -0.15) is 15.1 Å². The number of hydrogen-bond acceptors (Lipinski definition) is 6. The van der Waals surface area contributed by atoms with Crippen molar-refractivity contribution in [1.82, 2.24) is 29.6 Å². The summed E-state index contributed by atoms with van der Waals surface area (Å²) in [6.45, 7) is 4.95. The Morgan fingerprint density at radius 1 is 1.34 bits per heavy atom. The molecule has 3 aromatic heterocycles. The van der Waals surface area contributed by atoms with Gasteiger partial charge in [-0.05, 0) is 36.8 Å². The van der Waals surface area contributed by atoms with Crippen LogP contribution in [0.5, 0.6) is 0 Å². The monoisotopic (exact) mass is 392 g/mol. The number of rotatable bonds is 6. The molecular weight excluding hydrogens is 368 g/mol. The minimum atomic E-state index is -0.0265. The summed E-state index contributed by atoms with van der Waals surface area (Å²) in [5.41, 5.74) is 2.91. The van der Waals surface area contributed by atoms with Gasteiger partial charge in [0.1, 0.15) is 11.5 Å². The van der Waals surface area contributed by atoms with Crippen LogP contribution in [0.1, 0.15) is 30.7 Å². The van der Waals surface area contributed by atoms with Gasteiger partial charge >= 0.3 is 0 Å². The molecule has 9 heteroatoms. The third-order valence-corrected chi connectivity index (χ3v) is 5.56. The van der Waals surface area contributed by atoms with Crippen LogP contribution in [0.4, 0.5) is 17.5 Å². The van der Waals surface area contributed by atoms with Crippen LogP contribution in [0.15, 0.2) is 31.2 Å². The first-order valence-electron chi connectivity index (χ1n) is 9.93. The predicted molar refractivity (Wildman–Crippen MR) is 111 cm³/mol. The number of hydrogen-bond donors (Lipinski definition) is 3. The van der Waals surface area contributed by atoms with Crippen molar-refractivity contribution < 1.29 is 4.79 Å². The van der Waals surface area contributed by atoms with Gasteiger partial charge in [-0.3, -0.25) is 9.48 Å². The molecule has 1 atom stereocenters. The van der Waals surface area contributed by atoms with Gasteiger partial charge in [-0.1, -0.05) is 6.58 Å². The molecule has 1 amide bonds. The van der Waals surface area contributed by atoms with Crippen molar-refractivity contribution in [3.63, 3.8) is 0 Å². The second kappa shape index (κ2) is 6.91. The molecule has 3 aromatic rings. The summed E-state index contributed by atoms with van der Waals surface area (Å²) in [4.78, 5) is 26.5. The lowest BCUT2D eigenvalue weighted by Crippen LogP contribution is -2.30. The molecule has 3 N–H and O–H groups in total. The smallest absolute Gasteiger partial charge is 0.246 e. The van der Waals surface area contributed by atoms with Crippen LogP contribution >= 0.6 is 0 Å². The number of carbonyl (C=O) groups is 1. The standard InChI is InChI=1S/C20H24N8O/c1-3-16(29)28-7-6-13(11-28)23-19-17-15(12-4-5-12)9-21-18(17)25-20(26-19)24-14-8-22-27(2)10-14/h3,8-10,12-13H,1,4-7,11H2,2H3,(H3,21,23,24,25,26). The summed E-state index contributed by atoms with van der Waals surface area (Å²) < 4.78 is 1.73. The molecule has 1 saturated heterocycles. The first kappa shape index (κ1) is 17.7. The number of nitrogens with zero attached hydrogens (tertiary/aromatic N) is 5. The van der Waals surface area contributed by atoms with E-state index in [0.29, 0.717) is 18.4 Å². The van der Waals surface area contributed by atoms with E-state index in [1.807, 2.05) is 18.1 Å². The number of nitrogens with one attached hydrogen (secondary N) is 3. The Morgan fingerprint density at radius 3 is 2.93 bits per heavy atom. The average Bonchev–Trinajstić information content (AvgIpc) is 3.10. The number of H-pyrrole nitrogens is 1.